The van der Waals surface area contributed by atoms with Gasteiger partial charge < -0.3 is 4.57 Å². The minimum absolute atomic E-state index is 0.142. The fourth-order valence-corrected chi connectivity index (χ4v) is 5.81. The van der Waals surface area contributed by atoms with Crippen LogP contribution >= 0.6 is 23.4 Å². The van der Waals surface area contributed by atoms with Gasteiger partial charge in [0.2, 0.25) is 0 Å². The lowest BCUT2D eigenvalue weighted by molar-refractivity contribution is 0.102. The molecule has 1 saturated heterocycles. The maximum atomic E-state index is 13.1. The second kappa shape index (κ2) is 9.65. The van der Waals surface area contributed by atoms with E-state index in [0.717, 1.165) is 47.6 Å². The molecular formula is C25H30ClN5OS. The molecular weight excluding hydrogens is 454 g/mol. The van der Waals surface area contributed by atoms with Gasteiger partial charge in [-0.1, -0.05) is 29.8 Å². The topological polar surface area (TPSA) is 56.0 Å². The molecule has 2 aliphatic rings. The molecule has 33 heavy (non-hydrogen) atoms. The number of hydrogen-bond acceptors (Lipinski definition) is 5. The maximum Gasteiger partial charge on any atom is 0.196 e. The largest absolute Gasteiger partial charge is 0.345 e. The summed E-state index contributed by atoms with van der Waals surface area (Å²) in [5.41, 5.74) is 4.07. The van der Waals surface area contributed by atoms with Crippen molar-refractivity contribution in [2.75, 3.05) is 18.8 Å². The second-order valence-electron chi connectivity index (χ2n) is 9.15. The number of rotatable bonds is 8. The van der Waals surface area contributed by atoms with Gasteiger partial charge in [-0.3, -0.25) is 14.3 Å². The van der Waals surface area contributed by atoms with Crippen LogP contribution in [0.25, 0.3) is 5.69 Å². The summed E-state index contributed by atoms with van der Waals surface area (Å²) in [6, 6.07) is 10.4. The lowest BCUT2D eigenvalue weighted by atomic mass is 10.1. The SMILES string of the molecule is Cc1cc(C(=O)CSc2nnc(CN3CCCCC3)n2-c2ccc(Cl)cc2)c(C)n1C1CC1. The van der Waals surface area contributed by atoms with Crippen LogP contribution in [0.4, 0.5) is 0 Å². The van der Waals surface area contributed by atoms with Crippen molar-refractivity contribution in [1.82, 2.24) is 24.2 Å². The van der Waals surface area contributed by atoms with Gasteiger partial charge >= 0.3 is 0 Å². The van der Waals surface area contributed by atoms with Gasteiger partial charge in [0.05, 0.1) is 12.3 Å². The molecule has 0 radical (unpaired) electrons. The molecule has 0 unspecified atom stereocenters. The van der Waals surface area contributed by atoms with Crippen LogP contribution in [-0.4, -0.2) is 48.9 Å². The molecule has 3 heterocycles. The number of nitrogens with zero attached hydrogens (tertiary/aromatic N) is 5. The van der Waals surface area contributed by atoms with Crippen LogP contribution in [0.15, 0.2) is 35.5 Å². The van der Waals surface area contributed by atoms with Crippen molar-refractivity contribution in [3.8, 4) is 5.69 Å². The molecule has 0 spiro atoms. The lowest BCUT2D eigenvalue weighted by Crippen LogP contribution is -2.30. The van der Waals surface area contributed by atoms with Gasteiger partial charge in [-0.2, -0.15) is 0 Å². The monoisotopic (exact) mass is 483 g/mol. The first-order valence-corrected chi connectivity index (χ1v) is 13.1. The van der Waals surface area contributed by atoms with E-state index in [1.165, 1.54) is 49.6 Å². The Morgan fingerprint density at radius 2 is 1.82 bits per heavy atom. The molecule has 0 atom stereocenters. The summed E-state index contributed by atoms with van der Waals surface area (Å²) in [6.07, 6.45) is 6.17. The number of carbonyl (C=O) groups excluding carboxylic acids is 1. The van der Waals surface area contributed by atoms with E-state index in [9.17, 15) is 4.79 Å². The molecule has 0 amide bonds. The van der Waals surface area contributed by atoms with Crippen LogP contribution in [0.5, 0.6) is 0 Å². The van der Waals surface area contributed by atoms with E-state index in [1.807, 2.05) is 30.3 Å². The van der Waals surface area contributed by atoms with Gasteiger partial charge in [0.15, 0.2) is 16.8 Å². The molecule has 3 aromatic rings. The summed E-state index contributed by atoms with van der Waals surface area (Å²) >= 11 is 7.59. The number of piperidine rings is 1. The number of Topliss-reactive ketones (excluding diaryl/α,β-unsaturated/α-hetero) is 1. The third-order valence-electron chi connectivity index (χ3n) is 6.63. The summed E-state index contributed by atoms with van der Waals surface area (Å²) < 4.78 is 4.40. The van der Waals surface area contributed by atoms with Crippen LogP contribution in [-0.2, 0) is 6.54 Å². The minimum Gasteiger partial charge on any atom is -0.345 e. The first kappa shape index (κ1) is 22.7. The first-order valence-electron chi connectivity index (χ1n) is 11.8. The Kier molecular flexibility index (Phi) is 6.63. The predicted molar refractivity (Wildman–Crippen MR) is 133 cm³/mol. The highest BCUT2D eigenvalue weighted by atomic mass is 35.5. The third-order valence-corrected chi connectivity index (χ3v) is 7.81. The molecule has 5 rings (SSSR count). The Bertz CT molecular complexity index is 1140. The zero-order chi connectivity index (χ0) is 22.9. The molecule has 2 aromatic heterocycles. The number of halogens is 1. The van der Waals surface area contributed by atoms with Crippen molar-refractivity contribution >= 4 is 29.1 Å². The average Bonchev–Trinajstić information content (AvgIpc) is 3.50. The normalized spacial score (nSPS) is 16.9. The van der Waals surface area contributed by atoms with Gasteiger partial charge in [-0.15, -0.1) is 10.2 Å². The Morgan fingerprint density at radius 3 is 2.52 bits per heavy atom. The number of benzene rings is 1. The number of thioether (sulfide) groups is 1. The first-order chi connectivity index (χ1) is 16.0. The highest BCUT2D eigenvalue weighted by Gasteiger charge is 2.28. The van der Waals surface area contributed by atoms with Gasteiger partial charge in [-0.05, 0) is 83.0 Å². The molecule has 0 bridgehead atoms. The summed E-state index contributed by atoms with van der Waals surface area (Å²) in [5, 5.41) is 10.5. The quantitative estimate of drug-likeness (QED) is 0.307. The van der Waals surface area contributed by atoms with Crippen LogP contribution in [0, 0.1) is 13.8 Å². The molecule has 1 aromatic carbocycles. The summed E-state index contributed by atoms with van der Waals surface area (Å²) in [5.74, 6) is 1.38. The lowest BCUT2D eigenvalue weighted by Gasteiger charge is -2.26. The number of aryl methyl sites for hydroxylation is 1. The number of carbonyl (C=O) groups is 1. The van der Waals surface area contributed by atoms with Gasteiger partial charge in [0.25, 0.3) is 0 Å². The molecule has 0 N–H and O–H groups in total. The van der Waals surface area contributed by atoms with E-state index < -0.39 is 0 Å². The van der Waals surface area contributed by atoms with E-state index in [1.54, 1.807) is 0 Å². The van der Waals surface area contributed by atoms with E-state index >= 15 is 0 Å². The van der Waals surface area contributed by atoms with Crippen molar-refractivity contribution in [2.24, 2.45) is 0 Å². The average molecular weight is 484 g/mol. The number of hydrogen-bond donors (Lipinski definition) is 0. The smallest absolute Gasteiger partial charge is 0.196 e. The van der Waals surface area contributed by atoms with Crippen molar-refractivity contribution in [2.45, 2.75) is 63.7 Å². The predicted octanol–water partition coefficient (Wildman–Crippen LogP) is 5.63. The molecule has 2 fully saturated rings. The van der Waals surface area contributed by atoms with Gasteiger partial charge in [0.1, 0.15) is 0 Å². The Labute approximate surface area is 204 Å². The highest BCUT2D eigenvalue weighted by Crippen LogP contribution is 2.38. The summed E-state index contributed by atoms with van der Waals surface area (Å²) in [6.45, 7) is 7.10. The standard InChI is InChI=1S/C25H30ClN5OS/c1-17-14-22(18(2)30(17)20-10-11-20)23(32)16-33-25-28-27-24(15-29-12-4-3-5-13-29)31(25)21-8-6-19(26)7-9-21/h6-9,14,20H,3-5,10-13,15-16H2,1-2H3. The van der Waals surface area contributed by atoms with Crippen molar-refractivity contribution in [3.63, 3.8) is 0 Å². The van der Waals surface area contributed by atoms with Gasteiger partial charge in [-0.25, -0.2) is 0 Å². The Hall–Kier alpha value is -2.09. The maximum absolute atomic E-state index is 13.1. The van der Waals surface area contributed by atoms with Crippen molar-refractivity contribution < 1.29 is 4.79 Å². The van der Waals surface area contributed by atoms with Crippen LogP contribution < -0.4 is 0 Å². The third kappa shape index (κ3) is 4.91. The molecule has 1 aliphatic carbocycles. The Morgan fingerprint density at radius 1 is 1.09 bits per heavy atom. The molecule has 1 aliphatic heterocycles. The van der Waals surface area contributed by atoms with Crippen LogP contribution in [0.3, 0.4) is 0 Å². The summed E-state index contributed by atoms with van der Waals surface area (Å²) in [7, 11) is 0. The zero-order valence-electron chi connectivity index (χ0n) is 19.3. The molecule has 174 valence electrons. The number of aromatic nitrogens is 4. The fourth-order valence-electron chi connectivity index (χ4n) is 4.83. The number of ketones is 1. The van der Waals surface area contributed by atoms with Gasteiger partial charge in [0, 0.05) is 33.7 Å². The molecule has 1 saturated carbocycles. The molecule has 6 nitrogen and oxygen atoms in total. The molecule has 8 heteroatoms. The Balaban J connectivity index is 1.37. The highest BCUT2D eigenvalue weighted by molar-refractivity contribution is 7.99. The van der Waals surface area contributed by atoms with Crippen molar-refractivity contribution in [1.29, 1.82) is 0 Å². The van der Waals surface area contributed by atoms with Crippen LogP contribution in [0.1, 0.15) is 65.7 Å². The van der Waals surface area contributed by atoms with E-state index in [2.05, 4.69) is 38.1 Å². The van der Waals surface area contributed by atoms with E-state index in [4.69, 9.17) is 11.6 Å². The zero-order valence-corrected chi connectivity index (χ0v) is 20.8. The van der Waals surface area contributed by atoms with Crippen molar-refractivity contribution in [3.05, 3.63) is 58.1 Å². The summed E-state index contributed by atoms with van der Waals surface area (Å²) in [4.78, 5) is 15.6. The van der Waals surface area contributed by atoms with Crippen LogP contribution in [0.2, 0.25) is 5.02 Å². The fraction of sp³-hybridized carbons (Fsp3) is 0.480. The van der Waals surface area contributed by atoms with E-state index in [-0.39, 0.29) is 5.78 Å². The minimum atomic E-state index is 0.142. The van der Waals surface area contributed by atoms with E-state index in [0.29, 0.717) is 16.8 Å². The second-order valence-corrected chi connectivity index (χ2v) is 10.5. The number of likely N-dealkylation sites (tertiary alicyclic amines) is 1.